The molecule has 1 amide bonds. The molecule has 5 nitrogen and oxygen atoms in total. The Labute approximate surface area is 160 Å². The number of hydrogen-bond donors (Lipinski definition) is 2. The molecule has 0 unspecified atom stereocenters. The molecule has 0 aliphatic heterocycles. The van der Waals surface area contributed by atoms with E-state index in [4.69, 9.17) is 9.84 Å². The molecule has 1 aromatic rings. The zero-order chi connectivity index (χ0) is 19.0. The van der Waals surface area contributed by atoms with E-state index in [0.717, 1.165) is 23.3 Å². The summed E-state index contributed by atoms with van der Waals surface area (Å²) in [5.41, 5.74) is 1.36. The van der Waals surface area contributed by atoms with E-state index >= 15 is 0 Å². The maximum atomic E-state index is 12.4. The number of aliphatic hydroxyl groups excluding tert-OH is 1. The minimum absolute atomic E-state index is 0.0695. The van der Waals surface area contributed by atoms with Crippen LogP contribution in [0.1, 0.15) is 61.4 Å². The largest absolute Gasteiger partial charge is 0.452 e. The van der Waals surface area contributed by atoms with E-state index in [1.807, 2.05) is 0 Å². The molecule has 0 spiro atoms. The maximum Gasteiger partial charge on any atom is 0.338 e. The smallest absolute Gasteiger partial charge is 0.338 e. The molecule has 1 atom stereocenters. The second kappa shape index (κ2) is 7.27. The number of benzene rings is 1. The van der Waals surface area contributed by atoms with E-state index in [9.17, 15) is 9.59 Å². The quantitative estimate of drug-likeness (QED) is 0.754. The molecule has 146 valence electrons. The first kappa shape index (κ1) is 18.5. The Balaban J connectivity index is 1.29. The lowest BCUT2D eigenvalue weighted by Gasteiger charge is -2.59. The van der Waals surface area contributed by atoms with Gasteiger partial charge in [0.05, 0.1) is 12.2 Å². The van der Waals surface area contributed by atoms with Crippen molar-refractivity contribution in [1.29, 1.82) is 0 Å². The number of carbonyl (C=O) groups is 2. The van der Waals surface area contributed by atoms with Crippen molar-refractivity contribution in [3.63, 3.8) is 0 Å². The van der Waals surface area contributed by atoms with Crippen LogP contribution in [0.25, 0.3) is 0 Å². The van der Waals surface area contributed by atoms with Gasteiger partial charge in [-0.05, 0) is 86.3 Å². The lowest BCUT2D eigenvalue weighted by atomic mass is 9.48. The number of ether oxygens (including phenoxy) is 1. The van der Waals surface area contributed by atoms with Crippen molar-refractivity contribution in [2.75, 3.05) is 6.61 Å². The lowest BCUT2D eigenvalue weighted by Crippen LogP contribution is -2.56. The third-order valence-corrected chi connectivity index (χ3v) is 7.09. The molecular weight excluding hydrogens is 342 g/mol. The van der Waals surface area contributed by atoms with Gasteiger partial charge in [0, 0.05) is 6.04 Å². The molecule has 5 rings (SSSR count). The Kier molecular flexibility index (Phi) is 4.97. The van der Waals surface area contributed by atoms with Gasteiger partial charge in [-0.2, -0.15) is 0 Å². The van der Waals surface area contributed by atoms with Gasteiger partial charge in [-0.3, -0.25) is 4.79 Å². The number of rotatable bonds is 6. The van der Waals surface area contributed by atoms with Crippen LogP contribution >= 0.6 is 0 Å². The van der Waals surface area contributed by atoms with Crippen LogP contribution in [0.4, 0.5) is 0 Å². The first-order chi connectivity index (χ1) is 13.0. The molecule has 4 aliphatic rings. The molecule has 5 heteroatoms. The molecule has 0 heterocycles. The fourth-order valence-corrected chi connectivity index (χ4v) is 6.10. The van der Waals surface area contributed by atoms with Gasteiger partial charge < -0.3 is 15.2 Å². The van der Waals surface area contributed by atoms with Crippen molar-refractivity contribution in [3.05, 3.63) is 35.4 Å². The van der Waals surface area contributed by atoms with Crippen LogP contribution in [-0.4, -0.2) is 29.6 Å². The van der Waals surface area contributed by atoms with E-state index in [1.54, 1.807) is 24.3 Å². The van der Waals surface area contributed by atoms with Crippen LogP contribution < -0.4 is 5.32 Å². The molecule has 0 saturated heterocycles. The first-order valence-electron chi connectivity index (χ1n) is 10.1. The second-order valence-corrected chi connectivity index (χ2v) is 9.00. The van der Waals surface area contributed by atoms with E-state index in [2.05, 4.69) is 12.2 Å². The van der Waals surface area contributed by atoms with Crippen LogP contribution in [0.3, 0.4) is 0 Å². The zero-order valence-corrected chi connectivity index (χ0v) is 15.9. The minimum Gasteiger partial charge on any atom is -0.452 e. The SMILES string of the molecule is C[C@@H](NC(=O)COC(=O)c1ccc(CO)cc1)C12CC3CC(CC(C3)C1)C2. The first-order valence-corrected chi connectivity index (χ1v) is 10.1. The summed E-state index contributed by atoms with van der Waals surface area (Å²) in [5.74, 6) is 1.79. The van der Waals surface area contributed by atoms with E-state index < -0.39 is 5.97 Å². The Morgan fingerprint density at radius 2 is 1.67 bits per heavy atom. The fourth-order valence-electron chi connectivity index (χ4n) is 6.10. The highest BCUT2D eigenvalue weighted by atomic mass is 16.5. The van der Waals surface area contributed by atoms with Gasteiger partial charge in [-0.15, -0.1) is 0 Å². The Bertz CT molecular complexity index is 676. The average molecular weight is 371 g/mol. The van der Waals surface area contributed by atoms with Crippen LogP contribution in [0.15, 0.2) is 24.3 Å². The molecule has 4 bridgehead atoms. The Hall–Kier alpha value is -1.88. The highest BCUT2D eigenvalue weighted by molar-refractivity contribution is 5.91. The summed E-state index contributed by atoms with van der Waals surface area (Å²) in [7, 11) is 0. The fraction of sp³-hybridized carbons (Fsp3) is 0.636. The summed E-state index contributed by atoms with van der Waals surface area (Å²) in [6.07, 6.45) is 7.85. The molecule has 4 saturated carbocycles. The number of esters is 1. The van der Waals surface area contributed by atoms with Crippen molar-refractivity contribution in [2.45, 2.75) is 58.1 Å². The van der Waals surface area contributed by atoms with Crippen molar-refractivity contribution in [3.8, 4) is 0 Å². The molecule has 27 heavy (non-hydrogen) atoms. The molecule has 0 radical (unpaired) electrons. The molecule has 4 fully saturated rings. The van der Waals surface area contributed by atoms with Crippen LogP contribution in [-0.2, 0) is 16.1 Å². The molecule has 1 aromatic carbocycles. The predicted octanol–water partition coefficient (Wildman–Crippen LogP) is 3.06. The average Bonchev–Trinajstić information content (AvgIpc) is 2.65. The van der Waals surface area contributed by atoms with Crippen molar-refractivity contribution < 1.29 is 19.4 Å². The van der Waals surface area contributed by atoms with Gasteiger partial charge in [0.2, 0.25) is 0 Å². The molecule has 4 aliphatic carbocycles. The maximum absolute atomic E-state index is 12.4. The van der Waals surface area contributed by atoms with Gasteiger partial charge in [0.15, 0.2) is 6.61 Å². The molecular formula is C22H29NO4. The number of hydrogen-bond acceptors (Lipinski definition) is 4. The Morgan fingerprint density at radius 3 is 2.19 bits per heavy atom. The number of amides is 1. The van der Waals surface area contributed by atoms with Crippen LogP contribution in [0, 0.1) is 23.2 Å². The van der Waals surface area contributed by atoms with Crippen LogP contribution in [0.5, 0.6) is 0 Å². The van der Waals surface area contributed by atoms with Gasteiger partial charge >= 0.3 is 5.97 Å². The number of aliphatic hydroxyl groups is 1. The minimum atomic E-state index is -0.517. The topological polar surface area (TPSA) is 75.6 Å². The van der Waals surface area contributed by atoms with Gasteiger partial charge in [-0.25, -0.2) is 4.79 Å². The molecule has 0 aromatic heterocycles. The number of nitrogens with one attached hydrogen (secondary N) is 1. The zero-order valence-electron chi connectivity index (χ0n) is 15.9. The van der Waals surface area contributed by atoms with Crippen molar-refractivity contribution in [1.82, 2.24) is 5.32 Å². The van der Waals surface area contributed by atoms with E-state index in [-0.39, 0.29) is 30.6 Å². The summed E-state index contributed by atoms with van der Waals surface area (Å²) in [6.45, 7) is 1.80. The second-order valence-electron chi connectivity index (χ2n) is 9.00. The summed E-state index contributed by atoms with van der Waals surface area (Å²) in [5, 5.41) is 12.2. The summed E-state index contributed by atoms with van der Waals surface area (Å²) in [4.78, 5) is 24.5. The highest BCUT2D eigenvalue weighted by Gasteiger charge is 2.53. The van der Waals surface area contributed by atoms with Gasteiger partial charge in [0.25, 0.3) is 5.91 Å². The third kappa shape index (κ3) is 3.75. The third-order valence-electron chi connectivity index (χ3n) is 7.09. The van der Waals surface area contributed by atoms with E-state index in [1.165, 1.54) is 38.5 Å². The van der Waals surface area contributed by atoms with Crippen LogP contribution in [0.2, 0.25) is 0 Å². The standard InChI is InChI=1S/C22H29NO4/c1-14(22-9-16-6-17(10-22)8-18(7-16)11-22)23-20(25)13-27-21(26)19-4-2-15(12-24)3-5-19/h2-5,14,16-18,24H,6-13H2,1H3,(H,23,25)/t14-,16?,17?,18?,22?/m1/s1. The highest BCUT2D eigenvalue weighted by Crippen LogP contribution is 2.61. The normalized spacial score (nSPS) is 32.1. The monoisotopic (exact) mass is 371 g/mol. The van der Waals surface area contributed by atoms with Crippen molar-refractivity contribution in [2.24, 2.45) is 23.2 Å². The Morgan fingerprint density at radius 1 is 1.11 bits per heavy atom. The van der Waals surface area contributed by atoms with Gasteiger partial charge in [0.1, 0.15) is 0 Å². The van der Waals surface area contributed by atoms with Crippen molar-refractivity contribution >= 4 is 11.9 Å². The number of carbonyl (C=O) groups excluding carboxylic acids is 2. The molecule has 2 N–H and O–H groups in total. The van der Waals surface area contributed by atoms with E-state index in [0.29, 0.717) is 5.56 Å². The summed E-state index contributed by atoms with van der Waals surface area (Å²) < 4.78 is 5.17. The van der Waals surface area contributed by atoms with Gasteiger partial charge in [-0.1, -0.05) is 12.1 Å². The predicted molar refractivity (Wildman–Crippen MR) is 101 cm³/mol. The lowest BCUT2D eigenvalue weighted by molar-refractivity contribution is -0.128. The summed E-state index contributed by atoms with van der Waals surface area (Å²) >= 11 is 0. The summed E-state index contributed by atoms with van der Waals surface area (Å²) in [6, 6.07) is 6.67.